The Hall–Kier alpha value is -2.93. The van der Waals surface area contributed by atoms with E-state index >= 15 is 0 Å². The summed E-state index contributed by atoms with van der Waals surface area (Å²) < 4.78 is 15.0. The SMILES string of the molecule is [2H]C(c1ccccc1OCCCCCC(=O)O)N(c1ccc(C#CC2CC2)cc1)C(C)C. The molecular weight excluding hydrogens is 386 g/mol. The Morgan fingerprint density at radius 1 is 1.16 bits per heavy atom. The van der Waals surface area contributed by atoms with Crippen molar-refractivity contribution < 1.29 is 16.0 Å². The molecule has 0 aromatic heterocycles. The van der Waals surface area contributed by atoms with E-state index in [1.54, 1.807) is 0 Å². The third kappa shape index (κ3) is 7.68. The highest BCUT2D eigenvalue weighted by Crippen LogP contribution is 2.28. The Balaban J connectivity index is 1.67. The number of ether oxygens (including phenoxy) is 1. The molecule has 3 rings (SSSR count). The maximum Gasteiger partial charge on any atom is 0.303 e. The first-order valence-corrected chi connectivity index (χ1v) is 11.2. The van der Waals surface area contributed by atoms with Crippen LogP contribution in [0.3, 0.4) is 0 Å². The van der Waals surface area contributed by atoms with Gasteiger partial charge in [0.25, 0.3) is 0 Å². The molecule has 0 amide bonds. The molecule has 31 heavy (non-hydrogen) atoms. The number of carbonyl (C=O) groups is 1. The monoisotopic (exact) mass is 420 g/mol. The van der Waals surface area contributed by atoms with Gasteiger partial charge in [-0.3, -0.25) is 4.79 Å². The molecule has 4 nitrogen and oxygen atoms in total. The summed E-state index contributed by atoms with van der Waals surface area (Å²) in [6.45, 7) is 4.09. The number of unbranched alkanes of at least 4 members (excludes halogenated alkanes) is 2. The Morgan fingerprint density at radius 2 is 1.90 bits per heavy atom. The van der Waals surface area contributed by atoms with Crippen LogP contribution < -0.4 is 9.64 Å². The Labute approximate surface area is 187 Å². The van der Waals surface area contributed by atoms with Crippen LogP contribution in [0.5, 0.6) is 5.75 Å². The predicted octanol–water partition coefficient (Wildman–Crippen LogP) is 5.89. The van der Waals surface area contributed by atoms with Gasteiger partial charge in [-0.15, -0.1) is 0 Å². The van der Waals surface area contributed by atoms with E-state index in [-0.39, 0.29) is 12.5 Å². The number of carboxylic acid groups (broad SMARTS) is 1. The summed E-state index contributed by atoms with van der Waals surface area (Å²) in [6.07, 6.45) is 4.89. The van der Waals surface area contributed by atoms with E-state index in [9.17, 15) is 4.79 Å². The molecule has 0 saturated heterocycles. The zero-order valence-electron chi connectivity index (χ0n) is 19.5. The van der Waals surface area contributed by atoms with E-state index in [0.717, 1.165) is 29.7 Å². The molecule has 0 heterocycles. The number of para-hydroxylation sites is 1. The zero-order chi connectivity index (χ0) is 22.9. The van der Waals surface area contributed by atoms with Crippen LogP contribution >= 0.6 is 0 Å². The number of hydrogen-bond acceptors (Lipinski definition) is 3. The quantitative estimate of drug-likeness (QED) is 0.364. The number of anilines is 1. The standard InChI is InChI=1S/C27H33NO3/c1-21(2)28(25-17-15-23(16-18-25)14-13-22-11-12-22)20-24-8-5-6-9-26(24)31-19-7-3-4-10-27(29)30/h5-6,8-9,15-18,21-22H,3-4,7,10-12,19-20H2,1-2H3,(H,29,30)/i20D. The van der Waals surface area contributed by atoms with E-state index < -0.39 is 12.5 Å². The zero-order valence-corrected chi connectivity index (χ0v) is 18.5. The number of benzene rings is 2. The normalized spacial score (nSPS) is 14.4. The van der Waals surface area contributed by atoms with E-state index in [2.05, 4.69) is 30.6 Å². The van der Waals surface area contributed by atoms with Gasteiger partial charge in [-0.2, -0.15) is 0 Å². The lowest BCUT2D eigenvalue weighted by atomic mass is 10.1. The molecule has 2 aromatic carbocycles. The van der Waals surface area contributed by atoms with Crippen LogP contribution in [-0.4, -0.2) is 23.7 Å². The van der Waals surface area contributed by atoms with Crippen LogP contribution in [0.1, 0.15) is 64.9 Å². The van der Waals surface area contributed by atoms with Crippen molar-refractivity contribution in [1.82, 2.24) is 0 Å². The first-order chi connectivity index (χ1) is 15.5. The number of aliphatic carboxylic acids is 1. The predicted molar refractivity (Wildman–Crippen MR) is 125 cm³/mol. The summed E-state index contributed by atoms with van der Waals surface area (Å²) in [6, 6.07) is 16.0. The molecular formula is C27H33NO3. The van der Waals surface area contributed by atoms with E-state index in [4.69, 9.17) is 11.2 Å². The molecule has 1 saturated carbocycles. The van der Waals surface area contributed by atoms with Crippen molar-refractivity contribution in [3.05, 3.63) is 59.7 Å². The fourth-order valence-corrected chi connectivity index (χ4v) is 3.26. The third-order valence-corrected chi connectivity index (χ3v) is 5.21. The molecule has 1 N–H and O–H groups in total. The summed E-state index contributed by atoms with van der Waals surface area (Å²) in [5.41, 5.74) is 2.82. The van der Waals surface area contributed by atoms with Crippen molar-refractivity contribution in [1.29, 1.82) is 0 Å². The minimum Gasteiger partial charge on any atom is -0.493 e. The largest absolute Gasteiger partial charge is 0.493 e. The second-order valence-electron chi connectivity index (χ2n) is 8.31. The van der Waals surface area contributed by atoms with Gasteiger partial charge in [0.2, 0.25) is 0 Å². The lowest BCUT2D eigenvalue weighted by Gasteiger charge is -2.30. The van der Waals surface area contributed by atoms with Crippen LogP contribution in [-0.2, 0) is 11.3 Å². The van der Waals surface area contributed by atoms with E-state index in [0.29, 0.717) is 24.7 Å². The summed E-state index contributed by atoms with van der Waals surface area (Å²) in [4.78, 5) is 12.7. The minimum atomic E-state index is -0.759. The van der Waals surface area contributed by atoms with Crippen molar-refractivity contribution in [3.63, 3.8) is 0 Å². The second kappa shape index (κ2) is 11.5. The highest BCUT2D eigenvalue weighted by molar-refractivity contribution is 5.66. The lowest BCUT2D eigenvalue weighted by Crippen LogP contribution is -2.30. The number of hydrogen-bond donors (Lipinski definition) is 1. The molecule has 1 aliphatic rings. The molecule has 1 aliphatic carbocycles. The van der Waals surface area contributed by atoms with Crippen LogP contribution in [0.2, 0.25) is 0 Å². The minimum absolute atomic E-state index is 0.130. The van der Waals surface area contributed by atoms with Crippen LogP contribution in [0, 0.1) is 17.8 Å². The van der Waals surface area contributed by atoms with Gasteiger partial charge in [0, 0.05) is 41.7 Å². The molecule has 4 heteroatoms. The van der Waals surface area contributed by atoms with Gasteiger partial charge in [-0.25, -0.2) is 0 Å². The summed E-state index contributed by atoms with van der Waals surface area (Å²) in [5, 5.41) is 8.74. The third-order valence-electron chi connectivity index (χ3n) is 5.21. The van der Waals surface area contributed by atoms with Crippen molar-refractivity contribution in [2.24, 2.45) is 5.92 Å². The van der Waals surface area contributed by atoms with Crippen LogP contribution in [0.15, 0.2) is 48.5 Å². The van der Waals surface area contributed by atoms with Gasteiger partial charge >= 0.3 is 5.97 Å². The summed E-state index contributed by atoms with van der Waals surface area (Å²) >= 11 is 0. The van der Waals surface area contributed by atoms with Crippen LogP contribution in [0.25, 0.3) is 0 Å². The number of carboxylic acids is 1. The molecule has 0 bridgehead atoms. The molecule has 0 aliphatic heterocycles. The highest BCUT2D eigenvalue weighted by Gasteiger charge is 2.18. The van der Waals surface area contributed by atoms with Crippen molar-refractivity contribution in [2.75, 3.05) is 11.5 Å². The molecule has 1 atom stereocenters. The van der Waals surface area contributed by atoms with Crippen LogP contribution in [0.4, 0.5) is 5.69 Å². The van der Waals surface area contributed by atoms with Crippen molar-refractivity contribution in [3.8, 4) is 17.6 Å². The van der Waals surface area contributed by atoms with Gasteiger partial charge in [-0.1, -0.05) is 30.0 Å². The average Bonchev–Trinajstić information content (AvgIpc) is 3.60. The highest BCUT2D eigenvalue weighted by atomic mass is 16.5. The van der Waals surface area contributed by atoms with Gasteiger partial charge < -0.3 is 14.7 Å². The molecule has 164 valence electrons. The summed E-state index contributed by atoms with van der Waals surface area (Å²) in [7, 11) is 0. The fraction of sp³-hybridized carbons (Fsp3) is 0.444. The smallest absolute Gasteiger partial charge is 0.303 e. The first-order valence-electron chi connectivity index (χ1n) is 11.8. The second-order valence-corrected chi connectivity index (χ2v) is 8.31. The Bertz CT molecular complexity index is 941. The molecule has 0 radical (unpaired) electrons. The maximum absolute atomic E-state index is 10.6. The Kier molecular flexibility index (Phi) is 7.88. The lowest BCUT2D eigenvalue weighted by molar-refractivity contribution is -0.137. The molecule has 2 aromatic rings. The van der Waals surface area contributed by atoms with Gasteiger partial charge in [0.05, 0.1) is 7.98 Å². The molecule has 0 spiro atoms. The molecule has 1 fully saturated rings. The molecule has 1 unspecified atom stereocenters. The van der Waals surface area contributed by atoms with E-state index in [1.807, 2.05) is 48.5 Å². The Morgan fingerprint density at radius 3 is 2.58 bits per heavy atom. The topological polar surface area (TPSA) is 49.8 Å². The number of nitrogens with zero attached hydrogens (tertiary/aromatic N) is 1. The average molecular weight is 421 g/mol. The maximum atomic E-state index is 10.6. The summed E-state index contributed by atoms with van der Waals surface area (Å²) in [5.74, 6) is 7.07. The van der Waals surface area contributed by atoms with Gasteiger partial charge in [-0.05, 0) is 76.3 Å². The van der Waals surface area contributed by atoms with Gasteiger partial charge in [0.15, 0.2) is 0 Å². The van der Waals surface area contributed by atoms with Crippen molar-refractivity contribution >= 4 is 11.7 Å². The van der Waals surface area contributed by atoms with Crippen molar-refractivity contribution in [2.45, 2.75) is 64.9 Å². The number of rotatable bonds is 11. The van der Waals surface area contributed by atoms with E-state index in [1.165, 1.54) is 12.8 Å². The fourth-order valence-electron chi connectivity index (χ4n) is 3.26. The first kappa shape index (κ1) is 21.3. The van der Waals surface area contributed by atoms with Gasteiger partial charge in [0.1, 0.15) is 5.75 Å².